The van der Waals surface area contributed by atoms with E-state index in [1.165, 1.54) is 0 Å². The number of amides is 2. The molecule has 6 heteroatoms. The summed E-state index contributed by atoms with van der Waals surface area (Å²) >= 11 is 0. The summed E-state index contributed by atoms with van der Waals surface area (Å²) in [5.41, 5.74) is 0. The third-order valence-corrected chi connectivity index (χ3v) is 3.75. The van der Waals surface area contributed by atoms with E-state index in [1.807, 2.05) is 0 Å². The third kappa shape index (κ3) is 7.90. The van der Waals surface area contributed by atoms with Gasteiger partial charge in [0.05, 0.1) is 5.92 Å². The minimum Gasteiger partial charge on any atom is -0.481 e. The zero-order chi connectivity index (χ0) is 15.5. The van der Waals surface area contributed by atoms with Gasteiger partial charge in [0.1, 0.15) is 0 Å². The lowest BCUT2D eigenvalue weighted by Gasteiger charge is -2.27. The summed E-state index contributed by atoms with van der Waals surface area (Å²) in [6.45, 7) is 4.13. The van der Waals surface area contributed by atoms with Gasteiger partial charge in [-0.2, -0.15) is 0 Å². The van der Waals surface area contributed by atoms with Crippen LogP contribution in [0.15, 0.2) is 0 Å². The number of carbonyl (C=O) groups excluding carboxylic acids is 1. The third-order valence-electron chi connectivity index (χ3n) is 3.75. The Bertz CT molecular complexity index is 323. The van der Waals surface area contributed by atoms with Crippen molar-refractivity contribution in [1.29, 1.82) is 0 Å². The fourth-order valence-electron chi connectivity index (χ4n) is 2.51. The van der Waals surface area contributed by atoms with Gasteiger partial charge in [-0.3, -0.25) is 4.79 Å². The minimum absolute atomic E-state index is 0.0272. The van der Waals surface area contributed by atoms with E-state index in [1.54, 1.807) is 0 Å². The molecule has 1 fully saturated rings. The Morgan fingerprint density at radius 3 is 2.71 bits per heavy atom. The molecule has 1 rings (SSSR count). The van der Waals surface area contributed by atoms with Crippen molar-refractivity contribution in [3.05, 3.63) is 0 Å². The molecule has 0 radical (unpaired) electrons. The highest BCUT2D eigenvalue weighted by atomic mass is 16.5. The molecule has 2 unspecified atom stereocenters. The van der Waals surface area contributed by atoms with Crippen LogP contribution in [0.5, 0.6) is 0 Å². The average molecular weight is 300 g/mol. The maximum atomic E-state index is 11.7. The molecule has 1 saturated carbocycles. The number of carboxylic acids is 1. The zero-order valence-corrected chi connectivity index (χ0v) is 12.9. The molecule has 0 heterocycles. The van der Waals surface area contributed by atoms with Crippen LogP contribution in [0.2, 0.25) is 0 Å². The minimum atomic E-state index is -0.758. The van der Waals surface area contributed by atoms with Gasteiger partial charge >= 0.3 is 12.0 Å². The molecule has 21 heavy (non-hydrogen) atoms. The molecule has 0 bridgehead atoms. The zero-order valence-electron chi connectivity index (χ0n) is 12.9. The van der Waals surface area contributed by atoms with Crippen LogP contribution in [0, 0.1) is 5.92 Å². The first kappa shape index (κ1) is 17.8. The van der Waals surface area contributed by atoms with Gasteiger partial charge in [0.15, 0.2) is 0 Å². The van der Waals surface area contributed by atoms with Gasteiger partial charge in [-0.25, -0.2) is 4.79 Å². The van der Waals surface area contributed by atoms with E-state index in [0.29, 0.717) is 26.0 Å². The van der Waals surface area contributed by atoms with E-state index in [0.717, 1.165) is 38.7 Å². The van der Waals surface area contributed by atoms with E-state index in [9.17, 15) is 9.59 Å². The molecular formula is C15H28N2O4. The summed E-state index contributed by atoms with van der Waals surface area (Å²) < 4.78 is 5.41. The Morgan fingerprint density at radius 1 is 1.24 bits per heavy atom. The van der Waals surface area contributed by atoms with Crippen LogP contribution >= 0.6 is 0 Å². The molecule has 0 aromatic carbocycles. The van der Waals surface area contributed by atoms with Crippen LogP contribution in [0.4, 0.5) is 4.79 Å². The molecule has 2 amide bonds. The number of urea groups is 1. The number of rotatable bonds is 9. The van der Waals surface area contributed by atoms with Crippen molar-refractivity contribution in [3.63, 3.8) is 0 Å². The SMILES string of the molecule is CCCCOCCCNC(=O)NC1CCCC(C(=O)O)C1. The maximum absolute atomic E-state index is 11.7. The summed E-state index contributed by atoms with van der Waals surface area (Å²) in [5.74, 6) is -1.08. The van der Waals surface area contributed by atoms with E-state index < -0.39 is 5.97 Å². The number of ether oxygens (including phenoxy) is 1. The lowest BCUT2D eigenvalue weighted by Crippen LogP contribution is -2.45. The largest absolute Gasteiger partial charge is 0.481 e. The van der Waals surface area contributed by atoms with E-state index >= 15 is 0 Å². The quantitative estimate of drug-likeness (QED) is 0.569. The summed E-state index contributed by atoms with van der Waals surface area (Å²) in [4.78, 5) is 22.7. The highest BCUT2D eigenvalue weighted by Gasteiger charge is 2.27. The normalized spacial score (nSPS) is 21.8. The number of nitrogens with one attached hydrogen (secondary N) is 2. The van der Waals surface area contributed by atoms with Gasteiger partial charge in [0.2, 0.25) is 0 Å². The van der Waals surface area contributed by atoms with E-state index in [-0.39, 0.29) is 18.0 Å². The molecule has 6 nitrogen and oxygen atoms in total. The predicted molar refractivity (Wildman–Crippen MR) is 80.3 cm³/mol. The highest BCUT2D eigenvalue weighted by Crippen LogP contribution is 2.24. The molecule has 0 aromatic rings. The molecule has 2 atom stereocenters. The van der Waals surface area contributed by atoms with Crippen LogP contribution in [0.3, 0.4) is 0 Å². The number of unbranched alkanes of at least 4 members (excludes halogenated alkanes) is 1. The number of carboxylic acid groups (broad SMARTS) is 1. The predicted octanol–water partition coefficient (Wildman–Crippen LogP) is 2.14. The van der Waals surface area contributed by atoms with Gasteiger partial charge in [0, 0.05) is 25.8 Å². The second kappa shape index (κ2) is 10.4. The second-order valence-corrected chi connectivity index (χ2v) is 5.62. The summed E-state index contributed by atoms with van der Waals surface area (Å²) in [5, 5.41) is 14.7. The van der Waals surface area contributed by atoms with Gasteiger partial charge in [-0.05, 0) is 32.1 Å². The first-order chi connectivity index (χ1) is 10.1. The van der Waals surface area contributed by atoms with Crippen LogP contribution in [-0.2, 0) is 9.53 Å². The number of aliphatic carboxylic acids is 1. The van der Waals surface area contributed by atoms with Gasteiger partial charge in [-0.1, -0.05) is 19.8 Å². The Labute approximate surface area is 126 Å². The van der Waals surface area contributed by atoms with E-state index in [4.69, 9.17) is 9.84 Å². The monoisotopic (exact) mass is 300 g/mol. The Hall–Kier alpha value is -1.30. The van der Waals surface area contributed by atoms with Crippen molar-refractivity contribution in [2.75, 3.05) is 19.8 Å². The first-order valence-corrected chi connectivity index (χ1v) is 7.98. The van der Waals surface area contributed by atoms with Crippen LogP contribution in [0.1, 0.15) is 51.9 Å². The van der Waals surface area contributed by atoms with Crippen LogP contribution in [-0.4, -0.2) is 42.9 Å². The van der Waals surface area contributed by atoms with Crippen molar-refractivity contribution in [2.24, 2.45) is 5.92 Å². The molecule has 1 aliphatic carbocycles. The topological polar surface area (TPSA) is 87.7 Å². The second-order valence-electron chi connectivity index (χ2n) is 5.62. The molecule has 122 valence electrons. The van der Waals surface area contributed by atoms with Crippen LogP contribution in [0.25, 0.3) is 0 Å². The number of carbonyl (C=O) groups is 2. The van der Waals surface area contributed by atoms with E-state index in [2.05, 4.69) is 17.6 Å². The standard InChI is InChI=1S/C15H28N2O4/c1-2-3-9-21-10-5-8-16-15(20)17-13-7-4-6-12(11-13)14(18)19/h12-13H,2-11H2,1H3,(H,18,19)(H2,16,17,20). The molecule has 0 aromatic heterocycles. The Morgan fingerprint density at radius 2 is 2.00 bits per heavy atom. The van der Waals surface area contributed by atoms with Gasteiger partial charge in [-0.15, -0.1) is 0 Å². The van der Waals surface area contributed by atoms with Crippen molar-refractivity contribution in [3.8, 4) is 0 Å². The molecule has 1 aliphatic rings. The Kier molecular flexibility index (Phi) is 8.82. The first-order valence-electron chi connectivity index (χ1n) is 7.98. The summed E-state index contributed by atoms with van der Waals surface area (Å²) in [6, 6.07) is -0.236. The van der Waals surface area contributed by atoms with Crippen molar-refractivity contribution < 1.29 is 19.4 Å². The molecule has 0 spiro atoms. The highest BCUT2D eigenvalue weighted by molar-refractivity contribution is 5.74. The number of hydrogen-bond donors (Lipinski definition) is 3. The van der Waals surface area contributed by atoms with Crippen molar-refractivity contribution in [2.45, 2.75) is 57.9 Å². The molecule has 0 saturated heterocycles. The molecular weight excluding hydrogens is 272 g/mol. The van der Waals surface area contributed by atoms with Gasteiger partial charge < -0.3 is 20.5 Å². The van der Waals surface area contributed by atoms with Gasteiger partial charge in [0.25, 0.3) is 0 Å². The maximum Gasteiger partial charge on any atom is 0.315 e. The summed E-state index contributed by atoms with van der Waals surface area (Å²) in [7, 11) is 0. The van der Waals surface area contributed by atoms with Crippen molar-refractivity contribution in [1.82, 2.24) is 10.6 Å². The average Bonchev–Trinajstić information content (AvgIpc) is 2.46. The lowest BCUT2D eigenvalue weighted by molar-refractivity contribution is -0.143. The Balaban J connectivity index is 2.06. The lowest BCUT2D eigenvalue weighted by atomic mass is 9.86. The fraction of sp³-hybridized carbons (Fsp3) is 0.867. The fourth-order valence-corrected chi connectivity index (χ4v) is 2.51. The van der Waals surface area contributed by atoms with Crippen molar-refractivity contribution >= 4 is 12.0 Å². The summed E-state index contributed by atoms with van der Waals surface area (Å²) in [6.07, 6.45) is 5.94. The smallest absolute Gasteiger partial charge is 0.315 e. The number of hydrogen-bond acceptors (Lipinski definition) is 3. The van der Waals surface area contributed by atoms with Crippen LogP contribution < -0.4 is 10.6 Å². The molecule has 3 N–H and O–H groups in total. The molecule has 0 aliphatic heterocycles.